The second kappa shape index (κ2) is 8.26. The van der Waals surface area contributed by atoms with Crippen molar-refractivity contribution in [2.24, 2.45) is 0 Å². The van der Waals surface area contributed by atoms with Crippen LogP contribution in [-0.2, 0) is 26.0 Å². The van der Waals surface area contributed by atoms with Crippen molar-refractivity contribution < 1.29 is 31.9 Å². The van der Waals surface area contributed by atoms with Gasteiger partial charge in [0.2, 0.25) is 18.6 Å². The number of anilines is 1. The van der Waals surface area contributed by atoms with Gasteiger partial charge in [0.05, 0.1) is 0 Å². The molecule has 0 spiro atoms. The second-order valence-electron chi connectivity index (χ2n) is 6.05. The number of fused-ring (bicyclic) bond motifs is 1. The molecule has 0 fully saturated rings. The highest BCUT2D eigenvalue weighted by molar-refractivity contribution is 7.92. The lowest BCUT2D eigenvalue weighted by Gasteiger charge is -2.08. The van der Waals surface area contributed by atoms with E-state index in [-0.39, 0.29) is 19.0 Å². The van der Waals surface area contributed by atoms with Crippen molar-refractivity contribution >= 4 is 27.3 Å². The average molecular weight is 408 g/mol. The van der Waals surface area contributed by atoms with Crippen LogP contribution in [0.25, 0.3) is 0 Å². The number of hydrogen-bond donors (Lipinski definition) is 2. The summed E-state index contributed by atoms with van der Waals surface area (Å²) in [5.74, 6) is -2.55. The molecule has 0 unspecified atom stereocenters. The average Bonchev–Trinajstić information content (AvgIpc) is 3.08. The van der Waals surface area contributed by atoms with Gasteiger partial charge in [0.15, 0.2) is 21.3 Å². The van der Waals surface area contributed by atoms with E-state index in [1.807, 2.05) is 0 Å². The normalized spacial score (nSPS) is 12.5. The lowest BCUT2D eigenvalue weighted by atomic mass is 10.2. The summed E-state index contributed by atoms with van der Waals surface area (Å²) in [6.07, 6.45) is 0. The zero-order valence-electron chi connectivity index (χ0n) is 14.6. The number of hydrogen-bond acceptors (Lipinski definition) is 6. The largest absolute Gasteiger partial charge is 0.454 e. The van der Waals surface area contributed by atoms with E-state index < -0.39 is 39.0 Å². The molecule has 148 valence electrons. The predicted octanol–water partition coefficient (Wildman–Crippen LogP) is 1.22. The summed E-state index contributed by atoms with van der Waals surface area (Å²) in [6.45, 7) is 0.232. The highest BCUT2D eigenvalue weighted by atomic mass is 32.2. The number of carbonyl (C=O) groups is 2. The Morgan fingerprint density at radius 3 is 2.39 bits per heavy atom. The fourth-order valence-corrected chi connectivity index (χ4v) is 3.56. The summed E-state index contributed by atoms with van der Waals surface area (Å²) in [5, 5.41) is 4.83. The van der Waals surface area contributed by atoms with Crippen LogP contribution in [0.15, 0.2) is 42.5 Å². The third-order valence-corrected chi connectivity index (χ3v) is 5.16. The van der Waals surface area contributed by atoms with E-state index in [9.17, 15) is 22.4 Å². The first-order chi connectivity index (χ1) is 13.3. The SMILES string of the molecule is O=C(CS(=O)(=O)CC(=O)Nc1ccc(F)cc1)NCc1ccc2c(c1)OCO2. The quantitative estimate of drug-likeness (QED) is 0.713. The van der Waals surface area contributed by atoms with E-state index in [0.717, 1.165) is 12.1 Å². The van der Waals surface area contributed by atoms with Crippen LogP contribution in [-0.4, -0.2) is 38.5 Å². The number of benzene rings is 2. The van der Waals surface area contributed by atoms with E-state index in [1.54, 1.807) is 18.2 Å². The molecule has 1 aliphatic heterocycles. The monoisotopic (exact) mass is 408 g/mol. The fraction of sp³-hybridized carbons (Fsp3) is 0.222. The van der Waals surface area contributed by atoms with Gasteiger partial charge in [-0.3, -0.25) is 9.59 Å². The number of sulfone groups is 1. The summed E-state index contributed by atoms with van der Waals surface area (Å²) < 4.78 is 47.3. The summed E-state index contributed by atoms with van der Waals surface area (Å²) in [7, 11) is -3.97. The molecule has 0 aromatic heterocycles. The number of nitrogens with one attached hydrogen (secondary N) is 2. The third kappa shape index (κ3) is 5.43. The lowest BCUT2D eigenvalue weighted by Crippen LogP contribution is -2.33. The van der Waals surface area contributed by atoms with E-state index in [2.05, 4.69) is 10.6 Å². The van der Waals surface area contributed by atoms with Gasteiger partial charge in [0, 0.05) is 12.2 Å². The van der Waals surface area contributed by atoms with Gasteiger partial charge in [-0.05, 0) is 42.0 Å². The smallest absolute Gasteiger partial charge is 0.239 e. The maximum absolute atomic E-state index is 12.8. The molecule has 2 N–H and O–H groups in total. The Hall–Kier alpha value is -3.14. The molecule has 0 saturated carbocycles. The minimum atomic E-state index is -3.97. The van der Waals surface area contributed by atoms with Gasteiger partial charge in [-0.2, -0.15) is 0 Å². The number of ether oxygens (including phenoxy) is 2. The summed E-state index contributed by atoms with van der Waals surface area (Å²) in [4.78, 5) is 23.8. The van der Waals surface area contributed by atoms with Gasteiger partial charge in [0.1, 0.15) is 17.3 Å². The molecule has 0 saturated heterocycles. The van der Waals surface area contributed by atoms with Gasteiger partial charge in [-0.25, -0.2) is 12.8 Å². The van der Waals surface area contributed by atoms with Crippen molar-refractivity contribution in [3.63, 3.8) is 0 Å². The molecule has 2 aromatic carbocycles. The van der Waals surface area contributed by atoms with E-state index >= 15 is 0 Å². The van der Waals surface area contributed by atoms with Crippen molar-refractivity contribution in [2.75, 3.05) is 23.6 Å². The minimum absolute atomic E-state index is 0.104. The first-order valence-corrected chi connectivity index (χ1v) is 10.0. The molecule has 8 nitrogen and oxygen atoms in total. The molecule has 3 rings (SSSR count). The van der Waals surface area contributed by atoms with Crippen LogP contribution < -0.4 is 20.1 Å². The lowest BCUT2D eigenvalue weighted by molar-refractivity contribution is -0.118. The van der Waals surface area contributed by atoms with Crippen molar-refractivity contribution in [2.45, 2.75) is 6.54 Å². The van der Waals surface area contributed by atoms with Gasteiger partial charge in [-0.1, -0.05) is 6.07 Å². The molecule has 28 heavy (non-hydrogen) atoms. The van der Waals surface area contributed by atoms with Crippen molar-refractivity contribution in [1.29, 1.82) is 0 Å². The summed E-state index contributed by atoms with van der Waals surface area (Å²) >= 11 is 0. The molecule has 0 radical (unpaired) electrons. The summed E-state index contributed by atoms with van der Waals surface area (Å²) in [6, 6.07) is 9.98. The molecule has 1 aliphatic rings. The van der Waals surface area contributed by atoms with Crippen molar-refractivity contribution in [3.05, 3.63) is 53.8 Å². The Labute approximate surface area is 160 Å². The van der Waals surface area contributed by atoms with Crippen LogP contribution in [0, 0.1) is 5.82 Å². The topological polar surface area (TPSA) is 111 Å². The van der Waals surface area contributed by atoms with Gasteiger partial charge >= 0.3 is 0 Å². The van der Waals surface area contributed by atoms with Crippen LogP contribution in [0.2, 0.25) is 0 Å². The second-order valence-corrected chi connectivity index (χ2v) is 8.12. The molecule has 0 atom stereocenters. The molecule has 0 aliphatic carbocycles. The first-order valence-electron chi connectivity index (χ1n) is 8.22. The van der Waals surface area contributed by atoms with Gasteiger partial charge in [0.25, 0.3) is 0 Å². The predicted molar refractivity (Wildman–Crippen MR) is 98.1 cm³/mol. The van der Waals surface area contributed by atoms with Crippen LogP contribution >= 0.6 is 0 Å². The molecule has 1 heterocycles. The van der Waals surface area contributed by atoms with Crippen LogP contribution in [0.4, 0.5) is 10.1 Å². The van der Waals surface area contributed by atoms with Crippen LogP contribution in [0.5, 0.6) is 11.5 Å². The summed E-state index contributed by atoms with van der Waals surface area (Å²) in [5.41, 5.74) is 0.970. The molecular formula is C18H17FN2O6S. The molecular weight excluding hydrogens is 391 g/mol. The van der Waals surface area contributed by atoms with Crippen molar-refractivity contribution in [1.82, 2.24) is 5.32 Å². The van der Waals surface area contributed by atoms with Crippen molar-refractivity contribution in [3.8, 4) is 11.5 Å². The molecule has 2 amide bonds. The Bertz CT molecular complexity index is 992. The maximum Gasteiger partial charge on any atom is 0.239 e. The van der Waals surface area contributed by atoms with E-state index in [4.69, 9.17) is 9.47 Å². The standard InChI is InChI=1S/C18H17FN2O6S/c19-13-2-4-14(5-3-13)21-18(23)10-28(24,25)9-17(22)20-8-12-1-6-15-16(7-12)27-11-26-15/h1-7H,8-11H2,(H,20,22)(H,21,23). The maximum atomic E-state index is 12.8. The van der Waals surface area contributed by atoms with E-state index in [1.165, 1.54) is 12.1 Å². The third-order valence-electron chi connectivity index (χ3n) is 3.76. The first kappa shape index (κ1) is 19.6. The highest BCUT2D eigenvalue weighted by Gasteiger charge is 2.21. The van der Waals surface area contributed by atoms with Crippen LogP contribution in [0.3, 0.4) is 0 Å². The number of rotatable bonds is 7. The molecule has 10 heteroatoms. The molecule has 0 bridgehead atoms. The number of halogens is 1. The Balaban J connectivity index is 1.48. The minimum Gasteiger partial charge on any atom is -0.454 e. The fourth-order valence-electron chi connectivity index (χ4n) is 2.48. The van der Waals surface area contributed by atoms with Gasteiger partial charge in [-0.15, -0.1) is 0 Å². The Morgan fingerprint density at radius 1 is 0.964 bits per heavy atom. The zero-order valence-corrected chi connectivity index (χ0v) is 15.4. The Kier molecular flexibility index (Phi) is 5.78. The zero-order chi connectivity index (χ0) is 20.1. The van der Waals surface area contributed by atoms with Crippen LogP contribution in [0.1, 0.15) is 5.56 Å². The highest BCUT2D eigenvalue weighted by Crippen LogP contribution is 2.32. The molecule has 2 aromatic rings. The number of amides is 2. The van der Waals surface area contributed by atoms with Gasteiger partial charge < -0.3 is 20.1 Å². The Morgan fingerprint density at radius 2 is 1.64 bits per heavy atom. The number of carbonyl (C=O) groups excluding carboxylic acids is 2. The van der Waals surface area contributed by atoms with E-state index in [0.29, 0.717) is 17.1 Å².